The minimum atomic E-state index is 0.831. The molecule has 8 heteroatoms. The van der Waals surface area contributed by atoms with E-state index < -0.39 is 0 Å². The van der Waals surface area contributed by atoms with Crippen molar-refractivity contribution in [2.75, 3.05) is 37.6 Å². The molecule has 0 aliphatic carbocycles. The average molecular weight is 444 g/mol. The number of aryl methyl sites for hydroxylation is 1. The first kappa shape index (κ1) is 16.9. The molecular weight excluding hydrogens is 424 g/mol. The Labute approximate surface area is 153 Å². The van der Waals surface area contributed by atoms with Crippen molar-refractivity contribution >= 4 is 37.8 Å². The van der Waals surface area contributed by atoms with Crippen molar-refractivity contribution in [1.29, 1.82) is 0 Å². The first-order valence-corrected chi connectivity index (χ1v) is 9.42. The Kier molecular flexibility index (Phi) is 6.02. The standard InChI is InChI=1S/C15H20Br2N6/c16-13-9-18-15(19-10-13)22-7-5-21(6-8-22)3-1-2-4-23-12-14(17)11-20-23/h9-12H,1-8H2. The quantitative estimate of drug-likeness (QED) is 0.642. The van der Waals surface area contributed by atoms with E-state index in [1.807, 2.05) is 29.5 Å². The van der Waals surface area contributed by atoms with Gasteiger partial charge < -0.3 is 4.90 Å². The van der Waals surface area contributed by atoms with Gasteiger partial charge in [0.15, 0.2) is 0 Å². The molecule has 0 spiro atoms. The number of halogens is 2. The van der Waals surface area contributed by atoms with Crippen molar-refractivity contribution in [2.45, 2.75) is 19.4 Å². The summed E-state index contributed by atoms with van der Waals surface area (Å²) in [6.45, 7) is 6.27. The highest BCUT2D eigenvalue weighted by atomic mass is 79.9. The van der Waals surface area contributed by atoms with Crippen LogP contribution in [-0.2, 0) is 6.54 Å². The number of aromatic nitrogens is 4. The summed E-state index contributed by atoms with van der Waals surface area (Å²) < 4.78 is 3.96. The predicted molar refractivity (Wildman–Crippen MR) is 97.5 cm³/mol. The average Bonchev–Trinajstić information content (AvgIpc) is 2.98. The summed E-state index contributed by atoms with van der Waals surface area (Å²) in [6.07, 6.45) is 9.83. The second-order valence-corrected chi connectivity index (χ2v) is 7.49. The molecular formula is C15H20Br2N6. The van der Waals surface area contributed by atoms with Crippen LogP contribution in [-0.4, -0.2) is 57.4 Å². The second kappa shape index (κ2) is 8.21. The van der Waals surface area contributed by atoms with Crippen LogP contribution < -0.4 is 4.90 Å². The Hall–Kier alpha value is -0.990. The van der Waals surface area contributed by atoms with Crippen LogP contribution in [0.25, 0.3) is 0 Å². The number of unbranched alkanes of at least 4 members (excludes halogenated alkanes) is 1. The zero-order chi connectivity index (χ0) is 16.1. The summed E-state index contributed by atoms with van der Waals surface area (Å²) in [7, 11) is 0. The van der Waals surface area contributed by atoms with Crippen molar-refractivity contribution in [1.82, 2.24) is 24.6 Å². The Morgan fingerprint density at radius 2 is 1.57 bits per heavy atom. The van der Waals surface area contributed by atoms with Gasteiger partial charge in [-0.2, -0.15) is 5.10 Å². The highest BCUT2D eigenvalue weighted by Crippen LogP contribution is 2.13. The smallest absolute Gasteiger partial charge is 0.225 e. The zero-order valence-electron chi connectivity index (χ0n) is 12.9. The molecule has 0 radical (unpaired) electrons. The Balaban J connectivity index is 1.35. The minimum absolute atomic E-state index is 0.831. The lowest BCUT2D eigenvalue weighted by Gasteiger charge is -2.34. The summed E-state index contributed by atoms with van der Waals surface area (Å²) in [5, 5.41) is 4.28. The lowest BCUT2D eigenvalue weighted by atomic mass is 10.2. The van der Waals surface area contributed by atoms with Gasteiger partial charge in [-0.3, -0.25) is 9.58 Å². The summed E-state index contributed by atoms with van der Waals surface area (Å²) >= 11 is 6.80. The highest BCUT2D eigenvalue weighted by Gasteiger charge is 2.18. The fourth-order valence-electron chi connectivity index (χ4n) is 2.71. The van der Waals surface area contributed by atoms with Gasteiger partial charge in [-0.05, 0) is 51.2 Å². The Morgan fingerprint density at radius 3 is 2.22 bits per heavy atom. The molecule has 0 N–H and O–H groups in total. The molecule has 3 rings (SSSR count). The fourth-order valence-corrected chi connectivity index (χ4v) is 3.24. The van der Waals surface area contributed by atoms with E-state index in [0.717, 1.165) is 60.6 Å². The van der Waals surface area contributed by atoms with Crippen molar-refractivity contribution in [2.24, 2.45) is 0 Å². The predicted octanol–water partition coefficient (Wildman–Crippen LogP) is 2.80. The largest absolute Gasteiger partial charge is 0.338 e. The zero-order valence-corrected chi connectivity index (χ0v) is 16.1. The van der Waals surface area contributed by atoms with Crippen molar-refractivity contribution in [3.8, 4) is 0 Å². The molecule has 0 unspecified atom stereocenters. The summed E-state index contributed by atoms with van der Waals surface area (Å²) in [6, 6.07) is 0. The molecule has 2 aromatic heterocycles. The molecule has 0 amide bonds. The monoisotopic (exact) mass is 442 g/mol. The van der Waals surface area contributed by atoms with E-state index in [2.05, 4.69) is 56.7 Å². The minimum Gasteiger partial charge on any atom is -0.338 e. The van der Waals surface area contributed by atoms with E-state index in [4.69, 9.17) is 0 Å². The van der Waals surface area contributed by atoms with Crippen LogP contribution in [0.15, 0.2) is 33.7 Å². The van der Waals surface area contributed by atoms with Gasteiger partial charge in [0.1, 0.15) is 0 Å². The Morgan fingerprint density at radius 1 is 0.870 bits per heavy atom. The molecule has 23 heavy (non-hydrogen) atoms. The van der Waals surface area contributed by atoms with Crippen molar-refractivity contribution < 1.29 is 0 Å². The van der Waals surface area contributed by atoms with Crippen molar-refractivity contribution in [3.63, 3.8) is 0 Å². The van der Waals surface area contributed by atoms with Crippen LogP contribution in [0.3, 0.4) is 0 Å². The van der Waals surface area contributed by atoms with Gasteiger partial charge >= 0.3 is 0 Å². The number of rotatable bonds is 6. The molecule has 1 aliphatic heterocycles. The van der Waals surface area contributed by atoms with Crippen LogP contribution in [0.5, 0.6) is 0 Å². The maximum Gasteiger partial charge on any atom is 0.225 e. The molecule has 0 saturated carbocycles. The third kappa shape index (κ3) is 4.99. The number of anilines is 1. The number of piperazine rings is 1. The van der Waals surface area contributed by atoms with Gasteiger partial charge in [-0.1, -0.05) is 0 Å². The molecule has 0 aromatic carbocycles. The molecule has 0 bridgehead atoms. The van der Waals surface area contributed by atoms with Gasteiger partial charge in [0.2, 0.25) is 5.95 Å². The third-order valence-electron chi connectivity index (χ3n) is 3.98. The Bertz CT molecular complexity index is 607. The van der Waals surface area contributed by atoms with Crippen molar-refractivity contribution in [3.05, 3.63) is 33.7 Å². The summed E-state index contributed by atoms with van der Waals surface area (Å²) in [5.41, 5.74) is 0. The third-order valence-corrected chi connectivity index (χ3v) is 4.79. The molecule has 124 valence electrons. The lowest BCUT2D eigenvalue weighted by Crippen LogP contribution is -2.47. The van der Waals surface area contributed by atoms with Crippen LogP contribution in [0.2, 0.25) is 0 Å². The lowest BCUT2D eigenvalue weighted by molar-refractivity contribution is 0.249. The first-order valence-electron chi connectivity index (χ1n) is 7.83. The van der Waals surface area contributed by atoms with E-state index in [-0.39, 0.29) is 0 Å². The van der Waals surface area contributed by atoms with E-state index in [0.29, 0.717) is 0 Å². The normalized spacial score (nSPS) is 16.0. The van der Waals surface area contributed by atoms with Gasteiger partial charge in [0.05, 0.1) is 15.1 Å². The van der Waals surface area contributed by atoms with E-state index in [1.165, 1.54) is 6.42 Å². The number of hydrogen-bond acceptors (Lipinski definition) is 5. The topological polar surface area (TPSA) is 50.1 Å². The maximum absolute atomic E-state index is 4.37. The summed E-state index contributed by atoms with van der Waals surface area (Å²) in [4.78, 5) is 13.5. The van der Waals surface area contributed by atoms with Crippen LogP contribution in [0, 0.1) is 0 Å². The van der Waals surface area contributed by atoms with Crippen LogP contribution >= 0.6 is 31.9 Å². The molecule has 1 aliphatic rings. The highest BCUT2D eigenvalue weighted by molar-refractivity contribution is 9.10. The van der Waals surface area contributed by atoms with Gasteiger partial charge in [-0.15, -0.1) is 0 Å². The SMILES string of the molecule is Brc1cnc(N2CCN(CCCCn3cc(Br)cn3)CC2)nc1. The molecule has 1 fully saturated rings. The summed E-state index contributed by atoms with van der Waals surface area (Å²) in [5.74, 6) is 0.831. The van der Waals surface area contributed by atoms with Gasteiger partial charge in [-0.25, -0.2) is 9.97 Å². The van der Waals surface area contributed by atoms with Crippen LogP contribution in [0.4, 0.5) is 5.95 Å². The molecule has 2 aromatic rings. The second-order valence-electron chi connectivity index (χ2n) is 5.66. The van der Waals surface area contributed by atoms with E-state index >= 15 is 0 Å². The fraction of sp³-hybridized carbons (Fsp3) is 0.533. The molecule has 1 saturated heterocycles. The maximum atomic E-state index is 4.37. The number of hydrogen-bond donors (Lipinski definition) is 0. The molecule has 6 nitrogen and oxygen atoms in total. The molecule has 0 atom stereocenters. The number of nitrogens with zero attached hydrogens (tertiary/aromatic N) is 6. The van der Waals surface area contributed by atoms with E-state index in [9.17, 15) is 0 Å². The first-order chi connectivity index (χ1) is 11.2. The van der Waals surface area contributed by atoms with E-state index in [1.54, 1.807) is 0 Å². The molecule has 3 heterocycles. The van der Waals surface area contributed by atoms with Gasteiger partial charge in [0.25, 0.3) is 0 Å². The van der Waals surface area contributed by atoms with Crippen LogP contribution in [0.1, 0.15) is 12.8 Å². The van der Waals surface area contributed by atoms with Gasteiger partial charge in [0, 0.05) is 51.3 Å².